The van der Waals surface area contributed by atoms with Crippen LogP contribution in [0.25, 0.3) is 0 Å². The highest BCUT2D eigenvalue weighted by atomic mass is 79.9. The maximum Gasteiger partial charge on any atom is 0.131 e. The van der Waals surface area contributed by atoms with Gasteiger partial charge in [0, 0.05) is 21.9 Å². The molecule has 21 heavy (non-hydrogen) atoms. The van der Waals surface area contributed by atoms with Crippen LogP contribution in [0.3, 0.4) is 0 Å². The van der Waals surface area contributed by atoms with E-state index in [9.17, 15) is 0 Å². The lowest BCUT2D eigenvalue weighted by atomic mass is 10.1. The minimum atomic E-state index is 0.107. The van der Waals surface area contributed by atoms with Crippen molar-refractivity contribution < 1.29 is 4.74 Å². The maximum absolute atomic E-state index is 5.86. The molecule has 3 nitrogen and oxygen atoms in total. The molecule has 114 valence electrons. The van der Waals surface area contributed by atoms with Gasteiger partial charge in [-0.05, 0) is 45.4 Å². The standard InChI is InChI=1S/C16H21BrN2OS/c1-11-5-6-12(17)7-14(11)20-9-13-10-21-15(19-13)8-18-16(2,3)4/h5-7,10,18H,8-9H2,1-4H3. The second kappa shape index (κ2) is 6.90. The first-order valence-corrected chi connectivity index (χ1v) is 8.58. The summed E-state index contributed by atoms with van der Waals surface area (Å²) < 4.78 is 6.88. The van der Waals surface area contributed by atoms with Crippen molar-refractivity contribution in [2.45, 2.75) is 46.4 Å². The summed E-state index contributed by atoms with van der Waals surface area (Å²) in [6.07, 6.45) is 0. The van der Waals surface area contributed by atoms with Gasteiger partial charge in [0.1, 0.15) is 17.4 Å². The van der Waals surface area contributed by atoms with Crippen LogP contribution in [0.4, 0.5) is 0 Å². The number of halogens is 1. The van der Waals surface area contributed by atoms with Crippen LogP contribution >= 0.6 is 27.3 Å². The molecule has 0 aliphatic rings. The molecule has 0 aliphatic heterocycles. The van der Waals surface area contributed by atoms with E-state index in [-0.39, 0.29) is 5.54 Å². The fourth-order valence-corrected chi connectivity index (χ4v) is 2.78. The third kappa shape index (κ3) is 5.41. The highest BCUT2D eigenvalue weighted by molar-refractivity contribution is 9.10. The molecular weight excluding hydrogens is 348 g/mol. The first kappa shape index (κ1) is 16.5. The lowest BCUT2D eigenvalue weighted by molar-refractivity contribution is 0.299. The second-order valence-electron chi connectivity index (χ2n) is 6.03. The Morgan fingerprint density at radius 1 is 1.33 bits per heavy atom. The predicted molar refractivity (Wildman–Crippen MR) is 91.9 cm³/mol. The SMILES string of the molecule is Cc1ccc(Br)cc1OCc1csc(CNC(C)(C)C)n1. The van der Waals surface area contributed by atoms with Gasteiger partial charge in [0.05, 0.1) is 5.69 Å². The van der Waals surface area contributed by atoms with Gasteiger partial charge >= 0.3 is 0 Å². The van der Waals surface area contributed by atoms with Crippen molar-refractivity contribution in [3.8, 4) is 5.75 Å². The van der Waals surface area contributed by atoms with E-state index in [1.807, 2.05) is 25.1 Å². The molecule has 0 amide bonds. The largest absolute Gasteiger partial charge is 0.487 e. The van der Waals surface area contributed by atoms with Crippen LogP contribution in [0, 0.1) is 6.92 Å². The Morgan fingerprint density at radius 2 is 2.10 bits per heavy atom. The summed E-state index contributed by atoms with van der Waals surface area (Å²) in [5, 5.41) is 6.60. The Balaban J connectivity index is 1.92. The molecule has 2 aromatic rings. The van der Waals surface area contributed by atoms with E-state index < -0.39 is 0 Å². The van der Waals surface area contributed by atoms with E-state index in [4.69, 9.17) is 4.74 Å². The van der Waals surface area contributed by atoms with Crippen LogP contribution in [0.15, 0.2) is 28.1 Å². The molecule has 1 heterocycles. The molecule has 0 aliphatic carbocycles. The highest BCUT2D eigenvalue weighted by Gasteiger charge is 2.10. The van der Waals surface area contributed by atoms with Crippen molar-refractivity contribution >= 4 is 27.3 Å². The van der Waals surface area contributed by atoms with E-state index in [0.29, 0.717) is 6.61 Å². The lowest BCUT2D eigenvalue weighted by Crippen LogP contribution is -2.35. The van der Waals surface area contributed by atoms with E-state index >= 15 is 0 Å². The number of aromatic nitrogens is 1. The van der Waals surface area contributed by atoms with Crippen LogP contribution in [-0.2, 0) is 13.2 Å². The number of aryl methyl sites for hydroxylation is 1. The van der Waals surface area contributed by atoms with Gasteiger partial charge < -0.3 is 10.1 Å². The fraction of sp³-hybridized carbons (Fsp3) is 0.438. The number of nitrogens with zero attached hydrogens (tertiary/aromatic N) is 1. The molecule has 0 saturated heterocycles. The molecule has 1 aromatic heterocycles. The average Bonchev–Trinajstić information content (AvgIpc) is 2.85. The predicted octanol–water partition coefficient (Wildman–Crippen LogP) is 4.68. The highest BCUT2D eigenvalue weighted by Crippen LogP contribution is 2.24. The monoisotopic (exact) mass is 368 g/mol. The van der Waals surface area contributed by atoms with Crippen LogP contribution in [0.1, 0.15) is 37.0 Å². The number of rotatable bonds is 5. The van der Waals surface area contributed by atoms with Gasteiger partial charge in [0.25, 0.3) is 0 Å². The third-order valence-electron chi connectivity index (χ3n) is 2.89. The van der Waals surface area contributed by atoms with Gasteiger partial charge in [-0.1, -0.05) is 22.0 Å². The molecule has 0 bridgehead atoms. The zero-order valence-corrected chi connectivity index (χ0v) is 15.3. The summed E-state index contributed by atoms with van der Waals surface area (Å²) in [6.45, 7) is 9.80. The number of ether oxygens (including phenoxy) is 1. The van der Waals surface area contributed by atoms with Gasteiger partial charge in [-0.15, -0.1) is 11.3 Å². The summed E-state index contributed by atoms with van der Waals surface area (Å²) in [4.78, 5) is 4.60. The van der Waals surface area contributed by atoms with Crippen LogP contribution in [-0.4, -0.2) is 10.5 Å². The van der Waals surface area contributed by atoms with Crippen molar-refractivity contribution in [2.75, 3.05) is 0 Å². The third-order valence-corrected chi connectivity index (χ3v) is 4.29. The Kier molecular flexibility index (Phi) is 5.41. The van der Waals surface area contributed by atoms with Crippen molar-refractivity contribution in [3.05, 3.63) is 44.3 Å². The van der Waals surface area contributed by atoms with Crippen molar-refractivity contribution in [2.24, 2.45) is 0 Å². The molecule has 0 atom stereocenters. The summed E-state index contributed by atoms with van der Waals surface area (Å²) in [5.74, 6) is 0.895. The molecular formula is C16H21BrN2OS. The van der Waals surface area contributed by atoms with E-state index in [2.05, 4.69) is 52.4 Å². The Bertz CT molecular complexity index is 605. The number of hydrogen-bond donors (Lipinski definition) is 1. The molecule has 5 heteroatoms. The second-order valence-corrected chi connectivity index (χ2v) is 7.89. The van der Waals surface area contributed by atoms with Crippen molar-refractivity contribution in [1.82, 2.24) is 10.3 Å². The minimum absolute atomic E-state index is 0.107. The molecule has 0 radical (unpaired) electrons. The maximum atomic E-state index is 5.86. The number of thiazole rings is 1. The Morgan fingerprint density at radius 3 is 2.81 bits per heavy atom. The topological polar surface area (TPSA) is 34.1 Å². The van der Waals surface area contributed by atoms with E-state index in [0.717, 1.165) is 33.0 Å². The zero-order valence-electron chi connectivity index (χ0n) is 12.9. The lowest BCUT2D eigenvalue weighted by Gasteiger charge is -2.19. The zero-order chi connectivity index (χ0) is 15.5. The summed E-state index contributed by atoms with van der Waals surface area (Å²) in [5.41, 5.74) is 2.21. The molecule has 0 unspecified atom stereocenters. The van der Waals surface area contributed by atoms with Crippen LogP contribution < -0.4 is 10.1 Å². The molecule has 0 spiro atoms. The van der Waals surface area contributed by atoms with Gasteiger partial charge in [-0.25, -0.2) is 4.98 Å². The minimum Gasteiger partial charge on any atom is -0.487 e. The quantitative estimate of drug-likeness (QED) is 0.831. The van der Waals surface area contributed by atoms with E-state index in [1.54, 1.807) is 11.3 Å². The van der Waals surface area contributed by atoms with Crippen molar-refractivity contribution in [1.29, 1.82) is 0 Å². The molecule has 0 fully saturated rings. The summed E-state index contributed by atoms with van der Waals surface area (Å²) >= 11 is 5.13. The first-order valence-electron chi connectivity index (χ1n) is 6.91. The fourth-order valence-electron chi connectivity index (χ4n) is 1.72. The van der Waals surface area contributed by atoms with Gasteiger partial charge in [0.2, 0.25) is 0 Å². The molecule has 0 saturated carbocycles. The smallest absolute Gasteiger partial charge is 0.131 e. The number of nitrogens with one attached hydrogen (secondary N) is 1. The van der Waals surface area contributed by atoms with Gasteiger partial charge in [0.15, 0.2) is 0 Å². The number of benzene rings is 1. The first-order chi connectivity index (χ1) is 9.83. The van der Waals surface area contributed by atoms with Crippen LogP contribution in [0.2, 0.25) is 0 Å². The molecule has 1 aromatic carbocycles. The molecule has 2 rings (SSSR count). The van der Waals surface area contributed by atoms with E-state index in [1.165, 1.54) is 0 Å². The summed E-state index contributed by atoms with van der Waals surface area (Å²) in [6, 6.07) is 6.05. The average molecular weight is 369 g/mol. The van der Waals surface area contributed by atoms with Gasteiger partial charge in [-0.2, -0.15) is 0 Å². The normalized spacial score (nSPS) is 11.7. The van der Waals surface area contributed by atoms with Crippen molar-refractivity contribution in [3.63, 3.8) is 0 Å². The number of hydrogen-bond acceptors (Lipinski definition) is 4. The Labute approximate surface area is 138 Å². The Hall–Kier alpha value is -0.910. The summed E-state index contributed by atoms with van der Waals surface area (Å²) in [7, 11) is 0. The van der Waals surface area contributed by atoms with Crippen LogP contribution in [0.5, 0.6) is 5.75 Å². The van der Waals surface area contributed by atoms with Gasteiger partial charge in [-0.3, -0.25) is 0 Å². The molecule has 1 N–H and O–H groups in total.